The Kier molecular flexibility index (Phi) is 4.88. The summed E-state index contributed by atoms with van der Waals surface area (Å²) < 4.78 is 5.38. The second-order valence-electron chi connectivity index (χ2n) is 4.37. The van der Waals surface area contributed by atoms with Crippen molar-refractivity contribution in [3.63, 3.8) is 0 Å². The third-order valence-corrected chi connectivity index (χ3v) is 4.02. The normalized spacial score (nSPS) is 10.5. The zero-order valence-electron chi connectivity index (χ0n) is 11.6. The largest absolute Gasteiger partial charge is 0.496 e. The molecular formula is C16H19NOS. The lowest BCUT2D eigenvalue weighted by atomic mass is 10.1. The second kappa shape index (κ2) is 6.64. The first-order valence-electron chi connectivity index (χ1n) is 6.29. The lowest BCUT2D eigenvalue weighted by Gasteiger charge is -2.10. The van der Waals surface area contributed by atoms with Gasteiger partial charge in [-0.15, -0.1) is 0 Å². The molecule has 0 amide bonds. The van der Waals surface area contributed by atoms with E-state index in [1.165, 1.54) is 16.0 Å². The fourth-order valence-corrected chi connectivity index (χ4v) is 2.98. The zero-order chi connectivity index (χ0) is 13.7. The summed E-state index contributed by atoms with van der Waals surface area (Å²) >= 11 is 1.73. The monoisotopic (exact) mass is 273 g/mol. The van der Waals surface area contributed by atoms with Gasteiger partial charge in [0, 0.05) is 11.4 Å². The number of benzene rings is 2. The van der Waals surface area contributed by atoms with Gasteiger partial charge in [0.25, 0.3) is 0 Å². The van der Waals surface area contributed by atoms with Crippen molar-refractivity contribution in [2.45, 2.75) is 23.3 Å². The molecule has 100 valence electrons. The van der Waals surface area contributed by atoms with Gasteiger partial charge in [-0.3, -0.25) is 0 Å². The van der Waals surface area contributed by atoms with E-state index in [1.807, 2.05) is 25.2 Å². The quantitative estimate of drug-likeness (QED) is 0.893. The molecular weight excluding hydrogens is 254 g/mol. The number of rotatable bonds is 5. The van der Waals surface area contributed by atoms with Gasteiger partial charge in [0.1, 0.15) is 5.75 Å². The van der Waals surface area contributed by atoms with Crippen LogP contribution in [0.1, 0.15) is 11.1 Å². The second-order valence-corrected chi connectivity index (χ2v) is 5.49. The van der Waals surface area contributed by atoms with Gasteiger partial charge in [0.2, 0.25) is 0 Å². The van der Waals surface area contributed by atoms with Crippen LogP contribution in [-0.2, 0) is 6.54 Å². The Morgan fingerprint density at radius 2 is 1.95 bits per heavy atom. The Labute approximate surface area is 119 Å². The topological polar surface area (TPSA) is 21.3 Å². The summed E-state index contributed by atoms with van der Waals surface area (Å²) in [6.45, 7) is 3.06. The minimum absolute atomic E-state index is 0.908. The predicted octanol–water partition coefficient (Wildman–Crippen LogP) is 3.87. The number of para-hydroxylation sites is 1. The fourth-order valence-electron chi connectivity index (χ4n) is 1.95. The highest BCUT2D eigenvalue weighted by atomic mass is 32.2. The molecule has 0 unspecified atom stereocenters. The predicted molar refractivity (Wildman–Crippen MR) is 81.1 cm³/mol. The molecule has 3 heteroatoms. The molecule has 0 radical (unpaired) electrons. The van der Waals surface area contributed by atoms with Crippen molar-refractivity contribution in [2.75, 3.05) is 14.2 Å². The molecule has 0 aliphatic carbocycles. The number of methoxy groups -OCH3 is 1. The molecule has 0 aliphatic heterocycles. The van der Waals surface area contributed by atoms with Crippen LogP contribution in [0.25, 0.3) is 0 Å². The average molecular weight is 273 g/mol. The molecule has 0 heterocycles. The molecule has 2 nitrogen and oxygen atoms in total. The zero-order valence-corrected chi connectivity index (χ0v) is 12.4. The van der Waals surface area contributed by atoms with Crippen LogP contribution in [-0.4, -0.2) is 14.2 Å². The van der Waals surface area contributed by atoms with Gasteiger partial charge in [0.15, 0.2) is 0 Å². The molecule has 2 rings (SSSR count). The summed E-state index contributed by atoms with van der Waals surface area (Å²) in [5, 5.41) is 3.19. The third-order valence-electron chi connectivity index (χ3n) is 2.98. The van der Waals surface area contributed by atoms with Crippen LogP contribution < -0.4 is 10.1 Å². The van der Waals surface area contributed by atoms with Crippen molar-refractivity contribution in [2.24, 2.45) is 0 Å². The van der Waals surface area contributed by atoms with E-state index in [9.17, 15) is 0 Å². The van der Waals surface area contributed by atoms with E-state index in [-0.39, 0.29) is 0 Å². The van der Waals surface area contributed by atoms with Crippen LogP contribution in [0.3, 0.4) is 0 Å². The molecule has 0 atom stereocenters. The number of aryl methyl sites for hydroxylation is 1. The van der Waals surface area contributed by atoms with E-state index in [1.54, 1.807) is 18.9 Å². The van der Waals surface area contributed by atoms with Crippen molar-refractivity contribution in [1.29, 1.82) is 0 Å². The van der Waals surface area contributed by atoms with Gasteiger partial charge >= 0.3 is 0 Å². The summed E-state index contributed by atoms with van der Waals surface area (Å²) in [7, 11) is 3.68. The summed E-state index contributed by atoms with van der Waals surface area (Å²) in [4.78, 5) is 2.38. The molecule has 19 heavy (non-hydrogen) atoms. The Morgan fingerprint density at radius 3 is 2.63 bits per heavy atom. The maximum Gasteiger partial charge on any atom is 0.132 e. The molecule has 0 aromatic heterocycles. The van der Waals surface area contributed by atoms with E-state index < -0.39 is 0 Å². The van der Waals surface area contributed by atoms with Gasteiger partial charge in [-0.25, -0.2) is 0 Å². The molecule has 0 fully saturated rings. The van der Waals surface area contributed by atoms with Crippen LogP contribution >= 0.6 is 11.8 Å². The van der Waals surface area contributed by atoms with Crippen molar-refractivity contribution in [3.05, 3.63) is 53.6 Å². The van der Waals surface area contributed by atoms with Gasteiger partial charge in [-0.1, -0.05) is 30.0 Å². The lowest BCUT2D eigenvalue weighted by molar-refractivity contribution is 0.405. The fraction of sp³-hybridized carbons (Fsp3) is 0.250. The maximum absolute atomic E-state index is 5.38. The molecule has 0 saturated heterocycles. The van der Waals surface area contributed by atoms with Gasteiger partial charge in [-0.05, 0) is 49.4 Å². The highest BCUT2D eigenvalue weighted by Crippen LogP contribution is 2.35. The van der Waals surface area contributed by atoms with Crippen molar-refractivity contribution < 1.29 is 4.74 Å². The van der Waals surface area contributed by atoms with E-state index in [0.29, 0.717) is 0 Å². The Hall–Kier alpha value is -1.45. The number of hydrogen-bond acceptors (Lipinski definition) is 3. The first-order chi connectivity index (χ1) is 9.24. The standard InChI is InChI=1S/C16H19NOS/c1-12-10-14(9-8-13(12)11-17-2)19-16-7-5-4-6-15(16)18-3/h4-10,17H,11H2,1-3H3. The number of hydrogen-bond donors (Lipinski definition) is 1. The van der Waals surface area contributed by atoms with E-state index in [0.717, 1.165) is 17.2 Å². The van der Waals surface area contributed by atoms with Crippen LogP contribution in [0, 0.1) is 6.92 Å². The molecule has 1 N–H and O–H groups in total. The summed E-state index contributed by atoms with van der Waals surface area (Å²) in [5.74, 6) is 0.921. The van der Waals surface area contributed by atoms with Crippen LogP contribution in [0.5, 0.6) is 5.75 Å². The number of ether oxygens (including phenoxy) is 1. The van der Waals surface area contributed by atoms with Crippen molar-refractivity contribution in [1.82, 2.24) is 5.32 Å². The van der Waals surface area contributed by atoms with Gasteiger partial charge < -0.3 is 10.1 Å². The average Bonchev–Trinajstić information content (AvgIpc) is 2.43. The van der Waals surface area contributed by atoms with Crippen molar-refractivity contribution in [3.8, 4) is 5.75 Å². The van der Waals surface area contributed by atoms with Gasteiger partial charge in [0.05, 0.1) is 12.0 Å². The maximum atomic E-state index is 5.38. The minimum Gasteiger partial charge on any atom is -0.496 e. The molecule has 0 aliphatic rings. The first kappa shape index (κ1) is 14.0. The smallest absolute Gasteiger partial charge is 0.132 e. The summed E-state index contributed by atoms with van der Waals surface area (Å²) in [6.07, 6.45) is 0. The molecule has 0 bridgehead atoms. The molecule has 0 spiro atoms. The molecule has 2 aromatic rings. The third kappa shape index (κ3) is 3.52. The first-order valence-corrected chi connectivity index (χ1v) is 7.11. The van der Waals surface area contributed by atoms with Crippen LogP contribution in [0.2, 0.25) is 0 Å². The van der Waals surface area contributed by atoms with Crippen LogP contribution in [0.4, 0.5) is 0 Å². The van der Waals surface area contributed by atoms with Gasteiger partial charge in [-0.2, -0.15) is 0 Å². The molecule has 0 saturated carbocycles. The minimum atomic E-state index is 0.908. The SMILES string of the molecule is CNCc1ccc(Sc2ccccc2OC)cc1C. The Balaban J connectivity index is 2.21. The lowest BCUT2D eigenvalue weighted by Crippen LogP contribution is -2.06. The van der Waals surface area contributed by atoms with E-state index >= 15 is 0 Å². The van der Waals surface area contributed by atoms with E-state index in [2.05, 4.69) is 36.5 Å². The number of nitrogens with one attached hydrogen (secondary N) is 1. The summed E-state index contributed by atoms with van der Waals surface area (Å²) in [6, 6.07) is 14.7. The Bertz CT molecular complexity index is 554. The van der Waals surface area contributed by atoms with Crippen LogP contribution in [0.15, 0.2) is 52.3 Å². The van der Waals surface area contributed by atoms with E-state index in [4.69, 9.17) is 4.74 Å². The summed E-state index contributed by atoms with van der Waals surface area (Å²) in [5.41, 5.74) is 2.65. The van der Waals surface area contributed by atoms with Crippen molar-refractivity contribution >= 4 is 11.8 Å². The highest BCUT2D eigenvalue weighted by molar-refractivity contribution is 7.99. The molecule has 2 aromatic carbocycles. The highest BCUT2D eigenvalue weighted by Gasteiger charge is 2.05. The Morgan fingerprint density at radius 1 is 1.16 bits per heavy atom.